The Morgan fingerprint density at radius 1 is 1.41 bits per heavy atom. The summed E-state index contributed by atoms with van der Waals surface area (Å²) < 4.78 is 46.4. The van der Waals surface area contributed by atoms with Gasteiger partial charge in [-0.15, -0.1) is 0 Å². The molecular formula is C18H25F3N4O2. The lowest BCUT2D eigenvalue weighted by molar-refractivity contribution is -0.122. The molecule has 0 aromatic carbocycles. The van der Waals surface area contributed by atoms with Gasteiger partial charge in [0.15, 0.2) is 11.6 Å². The summed E-state index contributed by atoms with van der Waals surface area (Å²) in [6.07, 6.45) is 1.60. The molecule has 1 aromatic heterocycles. The molecule has 1 amide bonds. The van der Waals surface area contributed by atoms with Crippen molar-refractivity contribution in [2.45, 2.75) is 63.1 Å². The number of aromatic nitrogens is 1. The number of nitrogens with one attached hydrogen (secondary N) is 1. The van der Waals surface area contributed by atoms with E-state index in [1.54, 1.807) is 0 Å². The van der Waals surface area contributed by atoms with Crippen molar-refractivity contribution in [1.82, 2.24) is 9.88 Å². The molecule has 1 aromatic rings. The summed E-state index contributed by atoms with van der Waals surface area (Å²) in [5.41, 5.74) is 5.94. The molecule has 9 heteroatoms. The van der Waals surface area contributed by atoms with Gasteiger partial charge in [0.1, 0.15) is 0 Å². The number of pyridine rings is 1. The Hall–Kier alpha value is -2.03. The number of halogens is 3. The maximum absolute atomic E-state index is 14.6. The quantitative estimate of drug-likeness (QED) is 0.786. The van der Waals surface area contributed by atoms with Gasteiger partial charge in [-0.05, 0) is 38.3 Å². The van der Waals surface area contributed by atoms with E-state index in [2.05, 4.69) is 10.3 Å². The van der Waals surface area contributed by atoms with Crippen molar-refractivity contribution >= 4 is 11.7 Å². The van der Waals surface area contributed by atoms with Crippen LogP contribution in [0.4, 0.5) is 19.0 Å². The Balaban J connectivity index is 1.72. The Morgan fingerprint density at radius 2 is 2.11 bits per heavy atom. The van der Waals surface area contributed by atoms with Crippen molar-refractivity contribution in [1.29, 1.82) is 0 Å². The van der Waals surface area contributed by atoms with Gasteiger partial charge in [-0.25, -0.2) is 13.2 Å². The van der Waals surface area contributed by atoms with Crippen LogP contribution in [0.3, 0.4) is 0 Å². The smallest absolute Gasteiger partial charge is 0.248 e. The van der Waals surface area contributed by atoms with E-state index in [9.17, 15) is 18.0 Å². The average Bonchev–Trinajstić information content (AvgIpc) is 3.07. The van der Waals surface area contributed by atoms with Gasteiger partial charge < -0.3 is 15.8 Å². The summed E-state index contributed by atoms with van der Waals surface area (Å²) in [6, 6.07) is 0.696. The van der Waals surface area contributed by atoms with Crippen LogP contribution in [0.15, 0.2) is 6.07 Å². The standard InChI is InChI=1S/C18H25F3N4O2/c1-27-17-11(10-25-8-2-3-14(25)15(22)26)9-13(19)16(24-17)23-12-4-6-18(20,21)7-5-12/h9,12,14H,2-8,10H2,1H3,(H2,22,26)(H,23,24). The lowest BCUT2D eigenvalue weighted by atomic mass is 9.92. The van der Waals surface area contributed by atoms with Gasteiger partial charge in [0, 0.05) is 31.0 Å². The van der Waals surface area contributed by atoms with E-state index in [1.165, 1.54) is 13.2 Å². The predicted molar refractivity (Wildman–Crippen MR) is 94.2 cm³/mol. The highest BCUT2D eigenvalue weighted by Crippen LogP contribution is 2.35. The van der Waals surface area contributed by atoms with Crippen LogP contribution in [0.2, 0.25) is 0 Å². The van der Waals surface area contributed by atoms with E-state index in [-0.39, 0.29) is 49.5 Å². The molecule has 2 heterocycles. The van der Waals surface area contributed by atoms with Crippen molar-refractivity contribution in [3.8, 4) is 5.88 Å². The maximum Gasteiger partial charge on any atom is 0.248 e. The molecule has 27 heavy (non-hydrogen) atoms. The second kappa shape index (κ2) is 7.92. The fourth-order valence-corrected chi connectivity index (χ4v) is 3.84. The molecule has 150 valence electrons. The molecule has 3 rings (SSSR count). The summed E-state index contributed by atoms with van der Waals surface area (Å²) in [6.45, 7) is 0.991. The van der Waals surface area contributed by atoms with Crippen LogP contribution in [0.25, 0.3) is 0 Å². The molecule has 1 saturated carbocycles. The summed E-state index contributed by atoms with van der Waals surface area (Å²) in [5.74, 6) is -3.36. The number of carbonyl (C=O) groups is 1. The van der Waals surface area contributed by atoms with Crippen LogP contribution in [0.5, 0.6) is 5.88 Å². The number of methoxy groups -OCH3 is 1. The lowest BCUT2D eigenvalue weighted by Gasteiger charge is -2.29. The fraction of sp³-hybridized carbons (Fsp3) is 0.667. The molecular weight excluding hydrogens is 361 g/mol. The lowest BCUT2D eigenvalue weighted by Crippen LogP contribution is -2.39. The van der Waals surface area contributed by atoms with E-state index in [0.29, 0.717) is 25.1 Å². The van der Waals surface area contributed by atoms with E-state index in [4.69, 9.17) is 10.5 Å². The second-order valence-corrected chi connectivity index (χ2v) is 7.29. The van der Waals surface area contributed by atoms with Gasteiger partial charge in [0.25, 0.3) is 0 Å². The SMILES string of the molecule is COc1nc(NC2CCC(F)(F)CC2)c(F)cc1CN1CCCC1C(N)=O. The third-order valence-electron chi connectivity index (χ3n) is 5.33. The van der Waals surface area contributed by atoms with Crippen LogP contribution in [-0.2, 0) is 11.3 Å². The number of hydrogen-bond acceptors (Lipinski definition) is 5. The highest BCUT2D eigenvalue weighted by molar-refractivity contribution is 5.80. The maximum atomic E-state index is 14.6. The fourth-order valence-electron chi connectivity index (χ4n) is 3.84. The molecule has 1 saturated heterocycles. The van der Waals surface area contributed by atoms with Gasteiger partial charge in [0.2, 0.25) is 17.7 Å². The monoisotopic (exact) mass is 386 g/mol. The van der Waals surface area contributed by atoms with Gasteiger partial charge in [-0.1, -0.05) is 0 Å². The number of alkyl halides is 2. The average molecular weight is 386 g/mol. The van der Waals surface area contributed by atoms with E-state index >= 15 is 0 Å². The number of anilines is 1. The first-order valence-electron chi connectivity index (χ1n) is 9.20. The highest BCUT2D eigenvalue weighted by atomic mass is 19.3. The topological polar surface area (TPSA) is 80.5 Å². The number of hydrogen-bond donors (Lipinski definition) is 2. The molecule has 0 spiro atoms. The molecule has 0 bridgehead atoms. The van der Waals surface area contributed by atoms with Crippen LogP contribution in [-0.4, -0.2) is 47.5 Å². The van der Waals surface area contributed by atoms with Gasteiger partial charge in [0.05, 0.1) is 13.2 Å². The molecule has 1 aliphatic heterocycles. The number of carbonyl (C=O) groups excluding carboxylic acids is 1. The third kappa shape index (κ3) is 4.63. The minimum absolute atomic E-state index is 0.00121. The Kier molecular flexibility index (Phi) is 5.78. The molecule has 1 atom stereocenters. The number of ether oxygens (including phenoxy) is 1. The van der Waals surface area contributed by atoms with Gasteiger partial charge in [-0.2, -0.15) is 4.98 Å². The van der Waals surface area contributed by atoms with Crippen molar-refractivity contribution in [2.24, 2.45) is 5.73 Å². The molecule has 2 aliphatic rings. The summed E-state index contributed by atoms with van der Waals surface area (Å²) in [5, 5.41) is 2.92. The van der Waals surface area contributed by atoms with E-state index in [1.807, 2.05) is 4.90 Å². The van der Waals surface area contributed by atoms with Crippen LogP contribution >= 0.6 is 0 Å². The number of nitrogens with two attached hydrogens (primary N) is 1. The zero-order valence-electron chi connectivity index (χ0n) is 15.3. The largest absolute Gasteiger partial charge is 0.481 e. The van der Waals surface area contributed by atoms with Crippen molar-refractivity contribution in [3.05, 3.63) is 17.4 Å². The zero-order chi connectivity index (χ0) is 19.6. The molecule has 1 unspecified atom stereocenters. The Bertz CT molecular complexity index is 691. The number of likely N-dealkylation sites (tertiary alicyclic amines) is 1. The van der Waals surface area contributed by atoms with Crippen molar-refractivity contribution in [2.75, 3.05) is 19.0 Å². The first-order chi connectivity index (χ1) is 12.8. The Morgan fingerprint density at radius 3 is 2.74 bits per heavy atom. The van der Waals surface area contributed by atoms with Crippen LogP contribution in [0.1, 0.15) is 44.1 Å². The summed E-state index contributed by atoms with van der Waals surface area (Å²) >= 11 is 0. The first kappa shape index (κ1) is 19.7. The van der Waals surface area contributed by atoms with E-state index in [0.717, 1.165) is 6.42 Å². The van der Waals surface area contributed by atoms with Gasteiger partial charge in [-0.3, -0.25) is 9.69 Å². The molecule has 6 nitrogen and oxygen atoms in total. The molecule has 2 fully saturated rings. The molecule has 1 aliphatic carbocycles. The van der Waals surface area contributed by atoms with Crippen LogP contribution < -0.4 is 15.8 Å². The highest BCUT2D eigenvalue weighted by Gasteiger charge is 2.35. The predicted octanol–water partition coefficient (Wildman–Crippen LogP) is 2.67. The Labute approximate surface area is 156 Å². The molecule has 0 radical (unpaired) electrons. The molecule has 3 N–H and O–H groups in total. The number of rotatable bonds is 6. The van der Waals surface area contributed by atoms with Gasteiger partial charge >= 0.3 is 0 Å². The summed E-state index contributed by atoms with van der Waals surface area (Å²) in [4.78, 5) is 17.6. The first-order valence-corrected chi connectivity index (χ1v) is 9.20. The number of primary amides is 1. The van der Waals surface area contributed by atoms with Crippen molar-refractivity contribution < 1.29 is 22.7 Å². The van der Waals surface area contributed by atoms with Crippen LogP contribution in [0, 0.1) is 5.82 Å². The third-order valence-corrected chi connectivity index (χ3v) is 5.33. The summed E-state index contributed by atoms with van der Waals surface area (Å²) in [7, 11) is 1.43. The van der Waals surface area contributed by atoms with Crippen molar-refractivity contribution in [3.63, 3.8) is 0 Å². The minimum Gasteiger partial charge on any atom is -0.481 e. The zero-order valence-corrected chi connectivity index (χ0v) is 15.3. The minimum atomic E-state index is -2.64. The number of nitrogens with zero attached hydrogens (tertiary/aromatic N) is 2. The normalized spacial score (nSPS) is 23.3. The van der Waals surface area contributed by atoms with E-state index < -0.39 is 17.6 Å². The second-order valence-electron chi connectivity index (χ2n) is 7.29. The number of amides is 1.